The van der Waals surface area contributed by atoms with Gasteiger partial charge in [-0.2, -0.15) is 0 Å². The van der Waals surface area contributed by atoms with Gasteiger partial charge in [-0.05, 0) is 108 Å². The summed E-state index contributed by atoms with van der Waals surface area (Å²) in [6, 6.07) is 19.5. The third kappa shape index (κ3) is 9.50. The maximum absolute atomic E-state index is 13.2. The quantitative estimate of drug-likeness (QED) is 0.112. The zero-order valence-electron chi connectivity index (χ0n) is 43.6. The first kappa shape index (κ1) is 52.3. The number of phenolic OH excluding ortho intramolecular Hbond substituents is 1. The molecule has 0 bridgehead atoms. The van der Waals surface area contributed by atoms with Crippen molar-refractivity contribution in [2.24, 2.45) is 11.8 Å². The summed E-state index contributed by atoms with van der Waals surface area (Å²) in [5.41, 5.74) is 9.82. The van der Waals surface area contributed by atoms with Gasteiger partial charge in [0.25, 0.3) is 0 Å². The number of methoxy groups -OCH3 is 4. The van der Waals surface area contributed by atoms with E-state index in [0.717, 1.165) is 66.1 Å². The van der Waals surface area contributed by atoms with Crippen LogP contribution >= 0.6 is 15.9 Å². The number of carbonyl (C=O) groups excluding carboxylic acids is 2. The molecule has 2 fully saturated rings. The van der Waals surface area contributed by atoms with Crippen LogP contribution in [0.3, 0.4) is 0 Å². The number of aryl methyl sites for hydroxylation is 4. The number of esters is 2. The van der Waals surface area contributed by atoms with Gasteiger partial charge in [0.2, 0.25) is 19.9 Å². The van der Waals surface area contributed by atoms with E-state index in [4.69, 9.17) is 61.6 Å². The average Bonchev–Trinajstić information content (AvgIpc) is 4.24. The Morgan fingerprint density at radius 1 is 0.520 bits per heavy atom. The van der Waals surface area contributed by atoms with E-state index in [0.29, 0.717) is 70.1 Å². The van der Waals surface area contributed by atoms with Crippen LogP contribution in [0.4, 0.5) is 0 Å². The lowest BCUT2D eigenvalue weighted by atomic mass is 9.87. The Bertz CT molecular complexity index is 3210. The summed E-state index contributed by atoms with van der Waals surface area (Å²) in [4.78, 5) is 25.6. The molecule has 0 radical (unpaired) electrons. The number of phenols is 1. The van der Waals surface area contributed by atoms with Crippen molar-refractivity contribution in [2.45, 2.75) is 90.5 Å². The summed E-state index contributed by atoms with van der Waals surface area (Å²) >= 11 is 3.43. The first-order valence-corrected chi connectivity index (χ1v) is 25.8. The van der Waals surface area contributed by atoms with E-state index in [2.05, 4.69) is 48.8 Å². The number of alkyl halides is 1. The normalized spacial score (nSPS) is 23.9. The fraction of sp³-hybridized carbons (Fsp3) is 0.414. The molecule has 6 aliphatic heterocycles. The van der Waals surface area contributed by atoms with Gasteiger partial charge in [-0.25, -0.2) is 9.59 Å². The third-order valence-electron chi connectivity index (χ3n) is 15.2. The number of benzene rings is 6. The van der Waals surface area contributed by atoms with E-state index >= 15 is 0 Å². The van der Waals surface area contributed by atoms with Gasteiger partial charge >= 0.3 is 11.9 Å². The van der Waals surface area contributed by atoms with E-state index in [9.17, 15) is 14.7 Å². The van der Waals surface area contributed by atoms with E-state index in [1.165, 1.54) is 0 Å². The monoisotopic (exact) mass is 1090 g/mol. The van der Waals surface area contributed by atoms with Crippen molar-refractivity contribution >= 4 is 49.4 Å². The number of hydrogen-bond donors (Lipinski definition) is 1. The fourth-order valence-electron chi connectivity index (χ4n) is 10.8. The Morgan fingerprint density at radius 2 is 0.973 bits per heavy atom. The predicted molar refractivity (Wildman–Crippen MR) is 280 cm³/mol. The molecule has 17 heteroatoms. The molecular formula is C58H61BrO16. The SMILES string of the molecule is CO[C@@H]1[C@@H](C)[C@@H](Br)OC[C@H]1OC.CO[C@@H]1[C@@H](C)[C@H](Oc2c3c(c(-c4ccc5c(c4)OCO5)c4cc(C)c(C)cc24)C(=O)OC3)OC[C@H]1OC.Cc1cc2c(O)c3c(c(-c4ccc5c(c4)OCO5)c2cc1C)C(=O)OC3. The number of ether oxygens (including phenoxy) is 13. The minimum absolute atomic E-state index is 0.0544. The number of hydrogen-bond acceptors (Lipinski definition) is 16. The number of aromatic hydroxyl groups is 1. The van der Waals surface area contributed by atoms with Crippen LogP contribution in [0.15, 0.2) is 60.7 Å². The second-order valence-electron chi connectivity index (χ2n) is 19.6. The first-order chi connectivity index (χ1) is 36.1. The molecule has 0 saturated carbocycles. The Labute approximate surface area is 443 Å². The highest BCUT2D eigenvalue weighted by atomic mass is 79.9. The van der Waals surface area contributed by atoms with Crippen molar-refractivity contribution in [2.75, 3.05) is 55.2 Å². The average molecular weight is 1090 g/mol. The molecule has 6 heterocycles. The van der Waals surface area contributed by atoms with Crippen LogP contribution in [0.5, 0.6) is 34.5 Å². The molecule has 0 unspecified atom stereocenters. The Kier molecular flexibility index (Phi) is 14.9. The molecule has 8 atom stereocenters. The summed E-state index contributed by atoms with van der Waals surface area (Å²) in [5.74, 6) is 2.79. The number of cyclic esters (lactones) is 2. The molecule has 6 aromatic carbocycles. The maximum Gasteiger partial charge on any atom is 0.339 e. The minimum atomic E-state index is -0.586. The molecule has 6 aliphatic rings. The summed E-state index contributed by atoms with van der Waals surface area (Å²) in [5, 5.41) is 14.2. The highest BCUT2D eigenvalue weighted by Crippen LogP contribution is 2.50. The van der Waals surface area contributed by atoms with Crippen LogP contribution in [0.25, 0.3) is 43.8 Å². The number of carbonyl (C=O) groups is 2. The van der Waals surface area contributed by atoms with Gasteiger partial charge in [0.05, 0.1) is 36.5 Å². The molecule has 1 N–H and O–H groups in total. The van der Waals surface area contributed by atoms with Crippen LogP contribution in [0.2, 0.25) is 0 Å². The fourth-order valence-corrected chi connectivity index (χ4v) is 11.2. The van der Waals surface area contributed by atoms with Gasteiger partial charge in [0, 0.05) is 73.3 Å². The van der Waals surface area contributed by atoms with Gasteiger partial charge < -0.3 is 66.7 Å². The lowest BCUT2D eigenvalue weighted by Gasteiger charge is -2.39. The lowest BCUT2D eigenvalue weighted by Crippen LogP contribution is -2.51. The number of fused-ring (bicyclic) bond motifs is 6. The lowest BCUT2D eigenvalue weighted by molar-refractivity contribution is -0.226. The smallest absolute Gasteiger partial charge is 0.339 e. The topological polar surface area (TPSA) is 174 Å². The first-order valence-electron chi connectivity index (χ1n) is 24.8. The van der Waals surface area contributed by atoms with Gasteiger partial charge in [0.15, 0.2) is 23.0 Å². The van der Waals surface area contributed by atoms with Gasteiger partial charge in [-0.15, -0.1) is 0 Å². The molecule has 0 amide bonds. The molecule has 0 aromatic heterocycles. The van der Waals surface area contributed by atoms with E-state index < -0.39 is 12.3 Å². The highest BCUT2D eigenvalue weighted by Gasteiger charge is 2.42. The van der Waals surface area contributed by atoms with Crippen molar-refractivity contribution in [3.63, 3.8) is 0 Å². The van der Waals surface area contributed by atoms with E-state index in [1.54, 1.807) is 28.4 Å². The van der Waals surface area contributed by atoms with Crippen molar-refractivity contribution in [3.05, 3.63) is 105 Å². The number of halogens is 1. The van der Waals surface area contributed by atoms with Crippen LogP contribution in [-0.2, 0) is 51.1 Å². The molecule has 12 rings (SSSR count). The van der Waals surface area contributed by atoms with Crippen molar-refractivity contribution in [1.29, 1.82) is 0 Å². The van der Waals surface area contributed by atoms with Crippen LogP contribution in [-0.4, -0.2) is 108 Å². The largest absolute Gasteiger partial charge is 0.507 e. The molecule has 16 nitrogen and oxygen atoms in total. The minimum Gasteiger partial charge on any atom is -0.507 e. The molecule has 6 aromatic rings. The van der Waals surface area contributed by atoms with Crippen molar-refractivity contribution < 1.29 is 76.3 Å². The Hall–Kier alpha value is -6.18. The van der Waals surface area contributed by atoms with Crippen molar-refractivity contribution in [3.8, 4) is 56.8 Å². The summed E-state index contributed by atoms with van der Waals surface area (Å²) in [6.45, 7) is 13.8. The van der Waals surface area contributed by atoms with E-state index in [1.807, 2.05) is 69.3 Å². The zero-order valence-corrected chi connectivity index (χ0v) is 45.2. The van der Waals surface area contributed by atoms with E-state index in [-0.39, 0.29) is 73.9 Å². The molecule has 75 heavy (non-hydrogen) atoms. The summed E-state index contributed by atoms with van der Waals surface area (Å²) in [7, 11) is 6.71. The molecule has 0 spiro atoms. The summed E-state index contributed by atoms with van der Waals surface area (Å²) < 4.78 is 72.9. The van der Waals surface area contributed by atoms with Gasteiger partial charge in [0.1, 0.15) is 41.9 Å². The Morgan fingerprint density at radius 3 is 1.51 bits per heavy atom. The standard InChI is InChI=1S/C29H30O8.C21H16O5.C8H15BrO3/c1-14-8-18-19(9-15(14)2)27(37-29-16(3)26(32-5)23(31-4)12-34-29)20-11-33-28(30)25(20)24(18)17-6-7-21-22(10-17)36-13-35-21;1-10-5-13-14(6-11(10)2)20(22)15-8-24-21(23)19(15)18(13)12-3-4-16-17(7-12)26-9-25-16;1-5-7(11-3)6(10-2)4-12-8(5)9/h6-10,16,23,26,29H,11-13H2,1-5H3;3-7,22H,8-9H2,1-2H3;5-8H,4H2,1-3H3/t16-,23-,26-,29+;;5-,6-,7-,8+/m1.1/s1. The molecule has 2 saturated heterocycles. The maximum atomic E-state index is 13.2. The predicted octanol–water partition coefficient (Wildman–Crippen LogP) is 10.6. The number of rotatable bonds is 8. The van der Waals surface area contributed by atoms with Gasteiger partial charge in [-0.1, -0.05) is 54.0 Å². The van der Waals surface area contributed by atoms with Gasteiger partial charge in [-0.3, -0.25) is 0 Å². The second kappa shape index (κ2) is 21.4. The Balaban J connectivity index is 0.000000146. The second-order valence-corrected chi connectivity index (χ2v) is 20.5. The highest BCUT2D eigenvalue weighted by molar-refractivity contribution is 9.09. The molecule has 0 aliphatic carbocycles. The third-order valence-corrected chi connectivity index (χ3v) is 16.3. The van der Waals surface area contributed by atoms with Crippen LogP contribution in [0, 0.1) is 39.5 Å². The summed E-state index contributed by atoms with van der Waals surface area (Å²) in [6.07, 6.45) is -0.799. The van der Waals surface area contributed by atoms with Crippen molar-refractivity contribution in [1.82, 2.24) is 0 Å². The molecule has 396 valence electrons. The van der Waals surface area contributed by atoms with Crippen LogP contribution in [0.1, 0.15) is 67.9 Å². The molecular weight excluding hydrogens is 1030 g/mol. The zero-order chi connectivity index (χ0) is 53.0. The van der Waals surface area contributed by atoms with Crippen LogP contribution < -0.4 is 23.7 Å².